The van der Waals surface area contributed by atoms with Gasteiger partial charge in [-0.15, -0.1) is 0 Å². The second-order valence-corrected chi connectivity index (χ2v) is 12.5. The number of carbonyl (C=O) groups is 1. The largest absolute Gasteiger partial charge is 0.496 e. The Hall–Kier alpha value is -3.47. The Morgan fingerprint density at radius 1 is 1.05 bits per heavy atom. The lowest BCUT2D eigenvalue weighted by Crippen LogP contribution is -2.40. The number of hydrogen-bond acceptors (Lipinski definition) is 7. The molecule has 0 spiro atoms. The maximum absolute atomic E-state index is 14.1. The van der Waals surface area contributed by atoms with Crippen LogP contribution in [0, 0.1) is 0 Å². The van der Waals surface area contributed by atoms with Crippen LogP contribution in [0.5, 0.6) is 11.5 Å². The van der Waals surface area contributed by atoms with E-state index in [9.17, 15) is 9.59 Å². The van der Waals surface area contributed by atoms with Crippen LogP contribution in [0.25, 0.3) is 6.08 Å². The van der Waals surface area contributed by atoms with E-state index < -0.39 is 12.0 Å². The minimum Gasteiger partial charge on any atom is -0.496 e. The molecule has 0 saturated heterocycles. The summed E-state index contributed by atoms with van der Waals surface area (Å²) in [4.78, 5) is 32.9. The number of methoxy groups -OCH3 is 1. The van der Waals surface area contributed by atoms with Crippen molar-refractivity contribution < 1.29 is 19.0 Å². The number of fused-ring (bicyclic) bond motifs is 1. The number of carbonyl (C=O) groups excluding carboxylic acids is 1. The average Bonchev–Trinajstić information content (AvgIpc) is 3.30. The monoisotopic (exact) mass is 724 g/mol. The van der Waals surface area contributed by atoms with E-state index in [1.54, 1.807) is 18.6 Å². The van der Waals surface area contributed by atoms with Crippen molar-refractivity contribution in [2.45, 2.75) is 39.3 Å². The molecule has 0 aliphatic carbocycles. The number of aromatic nitrogens is 1. The Morgan fingerprint density at radius 2 is 1.81 bits per heavy atom. The molecule has 43 heavy (non-hydrogen) atoms. The van der Waals surface area contributed by atoms with E-state index >= 15 is 0 Å². The molecule has 0 amide bonds. The van der Waals surface area contributed by atoms with Crippen LogP contribution >= 0.6 is 43.2 Å². The fraction of sp³-hybridized carbons (Fsp3) is 0.242. The minimum absolute atomic E-state index is 0.203. The number of benzene rings is 3. The maximum atomic E-state index is 14.1. The first-order valence-electron chi connectivity index (χ1n) is 13.9. The minimum atomic E-state index is -0.771. The van der Waals surface area contributed by atoms with Gasteiger partial charge in [-0.3, -0.25) is 9.36 Å². The topological polar surface area (TPSA) is 79.1 Å². The number of halogens is 2. The normalized spacial score (nSPS) is 14.7. The Labute approximate surface area is 270 Å². The van der Waals surface area contributed by atoms with Crippen molar-refractivity contribution in [2.24, 2.45) is 4.99 Å². The second-order valence-electron chi connectivity index (χ2n) is 9.76. The molecule has 0 fully saturated rings. The van der Waals surface area contributed by atoms with Gasteiger partial charge in [-0.05, 0) is 76.8 Å². The Balaban J connectivity index is 1.62. The van der Waals surface area contributed by atoms with Gasteiger partial charge in [0.25, 0.3) is 5.56 Å². The van der Waals surface area contributed by atoms with E-state index in [2.05, 4.69) is 31.9 Å². The molecule has 0 bridgehead atoms. The molecule has 10 heteroatoms. The van der Waals surface area contributed by atoms with Gasteiger partial charge in [0.1, 0.15) is 24.1 Å². The van der Waals surface area contributed by atoms with Crippen molar-refractivity contribution in [3.05, 3.63) is 123 Å². The van der Waals surface area contributed by atoms with Crippen LogP contribution in [-0.2, 0) is 16.1 Å². The Bertz CT molecular complexity index is 1860. The SMILES string of the molecule is CCCC1=C(C(=O)OCC)[C@H](c2cc(Br)ccc2OC)n2c(s/c(=C/c3ccc(OCc4ccccc4)c(Br)c3)c2=O)=N1. The first-order valence-corrected chi connectivity index (χ1v) is 16.3. The van der Waals surface area contributed by atoms with Crippen LogP contribution in [-0.4, -0.2) is 24.3 Å². The second kappa shape index (κ2) is 13.9. The lowest BCUT2D eigenvalue weighted by Gasteiger charge is -2.27. The van der Waals surface area contributed by atoms with Gasteiger partial charge in [-0.1, -0.05) is 77.0 Å². The van der Waals surface area contributed by atoms with E-state index in [1.165, 1.54) is 11.3 Å². The van der Waals surface area contributed by atoms with Gasteiger partial charge in [0.2, 0.25) is 0 Å². The van der Waals surface area contributed by atoms with Gasteiger partial charge in [0, 0.05) is 10.0 Å². The summed E-state index contributed by atoms with van der Waals surface area (Å²) in [6.07, 6.45) is 3.16. The zero-order valence-electron chi connectivity index (χ0n) is 23.9. The fourth-order valence-corrected chi connectivity index (χ4v) is 6.85. The molecule has 1 aliphatic rings. The lowest BCUT2D eigenvalue weighted by molar-refractivity contribution is -0.139. The molecule has 0 saturated carbocycles. The molecular formula is C33H30Br2N2O5S. The van der Waals surface area contributed by atoms with Crippen molar-refractivity contribution >= 4 is 55.2 Å². The van der Waals surface area contributed by atoms with Crippen LogP contribution in [0.15, 0.2) is 96.7 Å². The molecular weight excluding hydrogens is 696 g/mol. The fourth-order valence-electron chi connectivity index (χ4n) is 4.94. The van der Waals surface area contributed by atoms with Gasteiger partial charge in [-0.2, -0.15) is 0 Å². The van der Waals surface area contributed by atoms with Crippen LogP contribution in [0.2, 0.25) is 0 Å². The summed E-state index contributed by atoms with van der Waals surface area (Å²) in [5.41, 5.74) is 3.26. The van der Waals surface area contributed by atoms with Crippen LogP contribution in [0.3, 0.4) is 0 Å². The number of thiazole rings is 1. The van der Waals surface area contributed by atoms with Crippen molar-refractivity contribution in [2.75, 3.05) is 13.7 Å². The third kappa shape index (κ3) is 6.71. The average molecular weight is 726 g/mol. The predicted octanol–water partition coefficient (Wildman–Crippen LogP) is 6.69. The summed E-state index contributed by atoms with van der Waals surface area (Å²) in [5, 5.41) is 0. The quantitative estimate of drug-likeness (QED) is 0.170. The highest BCUT2D eigenvalue weighted by atomic mass is 79.9. The Kier molecular flexibility index (Phi) is 10.00. The molecule has 7 nitrogen and oxygen atoms in total. The van der Waals surface area contributed by atoms with E-state index in [4.69, 9.17) is 19.2 Å². The zero-order chi connectivity index (χ0) is 30.5. The smallest absolute Gasteiger partial charge is 0.338 e. The zero-order valence-corrected chi connectivity index (χ0v) is 27.9. The summed E-state index contributed by atoms with van der Waals surface area (Å²) < 4.78 is 20.8. The summed E-state index contributed by atoms with van der Waals surface area (Å²) in [5.74, 6) is 0.760. The van der Waals surface area contributed by atoms with E-state index in [1.807, 2.05) is 79.7 Å². The highest BCUT2D eigenvalue weighted by Gasteiger charge is 2.36. The van der Waals surface area contributed by atoms with Crippen LogP contribution in [0.4, 0.5) is 0 Å². The number of ether oxygens (including phenoxy) is 3. The van der Waals surface area contributed by atoms with E-state index in [0.717, 1.165) is 26.5 Å². The molecule has 2 heterocycles. The lowest BCUT2D eigenvalue weighted by atomic mass is 9.93. The van der Waals surface area contributed by atoms with Crippen molar-refractivity contribution in [1.29, 1.82) is 0 Å². The molecule has 0 unspecified atom stereocenters. The molecule has 1 aliphatic heterocycles. The number of nitrogens with zero attached hydrogens (tertiary/aromatic N) is 2. The predicted molar refractivity (Wildman–Crippen MR) is 175 cm³/mol. The molecule has 0 radical (unpaired) electrons. The highest BCUT2D eigenvalue weighted by Crippen LogP contribution is 2.38. The molecule has 5 rings (SSSR count). The number of esters is 1. The maximum Gasteiger partial charge on any atom is 0.338 e. The highest BCUT2D eigenvalue weighted by molar-refractivity contribution is 9.10. The van der Waals surface area contributed by atoms with Gasteiger partial charge >= 0.3 is 5.97 Å². The third-order valence-electron chi connectivity index (χ3n) is 6.87. The summed E-state index contributed by atoms with van der Waals surface area (Å²) in [6, 6.07) is 20.4. The third-order valence-corrected chi connectivity index (χ3v) is 8.97. The van der Waals surface area contributed by atoms with Gasteiger partial charge in [-0.25, -0.2) is 9.79 Å². The first kappa shape index (κ1) is 31.0. The van der Waals surface area contributed by atoms with Crippen LogP contribution in [0.1, 0.15) is 49.4 Å². The van der Waals surface area contributed by atoms with E-state index in [0.29, 0.717) is 50.7 Å². The summed E-state index contributed by atoms with van der Waals surface area (Å²) in [6.45, 7) is 4.44. The molecule has 0 N–H and O–H groups in total. The van der Waals surface area contributed by atoms with Crippen LogP contribution < -0.4 is 24.4 Å². The van der Waals surface area contributed by atoms with Gasteiger partial charge in [0.15, 0.2) is 4.80 Å². The number of allylic oxidation sites excluding steroid dienone is 1. The Morgan fingerprint density at radius 3 is 2.51 bits per heavy atom. The molecule has 1 aromatic heterocycles. The standard InChI is InChI=1S/C33H30Br2N2O5S/c1-4-9-25-29(32(39)41-5-2)30(23-18-22(34)13-15-26(23)40-3)37-31(38)28(43-33(37)36-25)17-21-12-14-27(24(35)16-21)42-19-20-10-7-6-8-11-20/h6-8,10-18,30H,4-5,9,19H2,1-3H3/b28-17+/t30-/m0/s1. The summed E-state index contributed by atoms with van der Waals surface area (Å²) >= 11 is 8.46. The molecule has 4 aromatic rings. The van der Waals surface area contributed by atoms with Gasteiger partial charge in [0.05, 0.1) is 34.0 Å². The molecule has 222 valence electrons. The van der Waals surface area contributed by atoms with Crippen molar-refractivity contribution in [3.8, 4) is 11.5 Å². The molecule has 3 aromatic carbocycles. The number of hydrogen-bond donors (Lipinski definition) is 0. The van der Waals surface area contributed by atoms with E-state index in [-0.39, 0.29) is 12.2 Å². The first-order chi connectivity index (χ1) is 20.8. The van der Waals surface area contributed by atoms with Crippen molar-refractivity contribution in [1.82, 2.24) is 4.57 Å². The molecule has 1 atom stereocenters. The summed E-state index contributed by atoms with van der Waals surface area (Å²) in [7, 11) is 1.57. The van der Waals surface area contributed by atoms with Gasteiger partial charge < -0.3 is 14.2 Å². The number of rotatable bonds is 10. The van der Waals surface area contributed by atoms with Crippen molar-refractivity contribution in [3.63, 3.8) is 0 Å².